The first-order valence-corrected chi connectivity index (χ1v) is 2.00. The Balaban J connectivity index is -0.000000120. The zero-order valence-corrected chi connectivity index (χ0v) is 4.88. The summed E-state index contributed by atoms with van der Waals surface area (Å²) in [5.41, 5.74) is 0. The van der Waals surface area contributed by atoms with Gasteiger partial charge < -0.3 is 12.3 Å². The molecule has 0 radical (unpaired) electrons. The second-order valence-electron chi connectivity index (χ2n) is 1.15. The Bertz CT molecular complexity index is 83.0. The van der Waals surface area contributed by atoms with Gasteiger partial charge in [-0.3, -0.25) is 0 Å². The summed E-state index contributed by atoms with van der Waals surface area (Å²) < 4.78 is 0. The zero-order valence-electron chi connectivity index (χ0n) is 4.88. The standard InChI is InChI=1S/C6H6.K.2H3N.H/c1-2-4-6-5-3-1;;;;/h1-6H;;2*1H3;. The maximum atomic E-state index is 2.00. The SMILES string of the molecule is N.N.[KH].c1ccccc1. The summed E-state index contributed by atoms with van der Waals surface area (Å²) in [6, 6.07) is 12.0. The van der Waals surface area contributed by atoms with E-state index in [1.807, 2.05) is 36.4 Å². The molecule has 2 nitrogen and oxygen atoms in total. The molecule has 0 spiro atoms. The summed E-state index contributed by atoms with van der Waals surface area (Å²) in [4.78, 5) is 0. The fraction of sp³-hybridized carbons (Fsp3) is 0. The minimum absolute atomic E-state index is 0. The molecule has 0 saturated carbocycles. The molecule has 0 aromatic heterocycles. The van der Waals surface area contributed by atoms with Crippen molar-refractivity contribution < 1.29 is 0 Å². The molecule has 0 aliphatic carbocycles. The van der Waals surface area contributed by atoms with Gasteiger partial charge in [0.15, 0.2) is 0 Å². The molecule has 1 aromatic carbocycles. The van der Waals surface area contributed by atoms with Gasteiger partial charge in [0.05, 0.1) is 0 Å². The van der Waals surface area contributed by atoms with Crippen LogP contribution in [-0.2, 0) is 0 Å². The largest absolute Gasteiger partial charge is 0.0623 e. The number of hydrogen-bond donors (Lipinski definition) is 2. The molecule has 0 heterocycles. The summed E-state index contributed by atoms with van der Waals surface area (Å²) in [5.74, 6) is 0. The van der Waals surface area contributed by atoms with Crippen LogP contribution in [0.2, 0.25) is 0 Å². The predicted octanol–water partition coefficient (Wildman–Crippen LogP) is 1.36. The van der Waals surface area contributed by atoms with Crippen LogP contribution in [0.25, 0.3) is 0 Å². The van der Waals surface area contributed by atoms with E-state index in [1.165, 1.54) is 0 Å². The quantitative estimate of drug-likeness (QED) is 0.551. The number of hydrogen-bond acceptors (Lipinski definition) is 2. The Morgan fingerprint density at radius 3 is 0.667 bits per heavy atom. The molecule has 0 aliphatic rings. The molecule has 9 heavy (non-hydrogen) atoms. The molecule has 3 heteroatoms. The Morgan fingerprint density at radius 2 is 0.556 bits per heavy atom. The first kappa shape index (κ1) is 16.4. The van der Waals surface area contributed by atoms with Crippen LogP contribution < -0.4 is 12.3 Å². The second-order valence-corrected chi connectivity index (χ2v) is 1.15. The average molecular weight is 152 g/mol. The van der Waals surface area contributed by atoms with Crippen LogP contribution in [0.3, 0.4) is 0 Å². The van der Waals surface area contributed by atoms with E-state index in [1.54, 1.807) is 0 Å². The molecular weight excluding hydrogens is 139 g/mol. The van der Waals surface area contributed by atoms with Crippen molar-refractivity contribution in [3.63, 3.8) is 0 Å². The fourth-order valence-electron chi connectivity index (χ4n) is 0.385. The van der Waals surface area contributed by atoms with E-state index in [0.717, 1.165) is 0 Å². The monoisotopic (exact) mass is 152 g/mol. The first-order valence-electron chi connectivity index (χ1n) is 2.00. The minimum Gasteiger partial charge on any atom is -0.0623 e. The van der Waals surface area contributed by atoms with Gasteiger partial charge in [0, 0.05) is 0 Å². The fourth-order valence-corrected chi connectivity index (χ4v) is 0.385. The van der Waals surface area contributed by atoms with Gasteiger partial charge in [0.1, 0.15) is 0 Å². The minimum atomic E-state index is 0. The van der Waals surface area contributed by atoms with Crippen LogP contribution >= 0.6 is 0 Å². The van der Waals surface area contributed by atoms with Crippen LogP contribution in [0.4, 0.5) is 0 Å². The van der Waals surface area contributed by atoms with Crippen LogP contribution in [0.5, 0.6) is 0 Å². The first-order chi connectivity index (χ1) is 3.00. The van der Waals surface area contributed by atoms with Crippen LogP contribution in [0, 0.1) is 0 Å². The molecule has 0 amide bonds. The molecule has 6 N–H and O–H groups in total. The zero-order chi connectivity index (χ0) is 4.24. The average Bonchev–Trinajstić information content (AvgIpc) is 1.72. The van der Waals surface area contributed by atoms with Crippen LogP contribution in [-0.4, -0.2) is 51.4 Å². The van der Waals surface area contributed by atoms with Crippen molar-refractivity contribution in [1.29, 1.82) is 0 Å². The van der Waals surface area contributed by atoms with E-state index in [9.17, 15) is 0 Å². The smallest absolute Gasteiger partial charge is 0.0623 e. The van der Waals surface area contributed by atoms with Crippen LogP contribution in [0.1, 0.15) is 0 Å². The third-order valence-electron chi connectivity index (χ3n) is 0.667. The Labute approximate surface area is 98.6 Å². The molecule has 0 fully saturated rings. The normalized spacial score (nSPS) is 5.33. The van der Waals surface area contributed by atoms with E-state index < -0.39 is 0 Å². The molecule has 1 aromatic rings. The molecule has 0 atom stereocenters. The maximum Gasteiger partial charge on any atom is -0.0623 e. The Kier molecular flexibility index (Phi) is 21.1. The number of benzene rings is 1. The van der Waals surface area contributed by atoms with Crippen molar-refractivity contribution in [2.24, 2.45) is 0 Å². The second kappa shape index (κ2) is 11.6. The van der Waals surface area contributed by atoms with Crippen LogP contribution in [0.15, 0.2) is 36.4 Å². The molecule has 0 saturated heterocycles. The van der Waals surface area contributed by atoms with E-state index in [2.05, 4.69) is 0 Å². The summed E-state index contributed by atoms with van der Waals surface area (Å²) in [6.07, 6.45) is 0. The van der Waals surface area contributed by atoms with Gasteiger partial charge in [0.2, 0.25) is 0 Å². The third kappa shape index (κ3) is 8.78. The van der Waals surface area contributed by atoms with Crippen molar-refractivity contribution in [2.45, 2.75) is 0 Å². The van der Waals surface area contributed by atoms with Gasteiger partial charge in [-0.05, 0) is 0 Å². The van der Waals surface area contributed by atoms with Gasteiger partial charge in [-0.2, -0.15) is 0 Å². The summed E-state index contributed by atoms with van der Waals surface area (Å²) in [7, 11) is 0. The summed E-state index contributed by atoms with van der Waals surface area (Å²) in [6.45, 7) is 0. The van der Waals surface area contributed by atoms with Crippen molar-refractivity contribution in [3.05, 3.63) is 36.4 Å². The molecule has 48 valence electrons. The van der Waals surface area contributed by atoms with E-state index in [4.69, 9.17) is 0 Å². The maximum absolute atomic E-state index is 2.00. The molecule has 0 unspecified atom stereocenters. The van der Waals surface area contributed by atoms with Gasteiger partial charge in [0.25, 0.3) is 0 Å². The third-order valence-corrected chi connectivity index (χ3v) is 0.667. The Hall–Kier alpha value is 0.776. The predicted molar refractivity (Wildman–Crippen MR) is 43.6 cm³/mol. The molecular formula is C6H13KN2. The van der Waals surface area contributed by atoms with Gasteiger partial charge >= 0.3 is 51.4 Å². The Morgan fingerprint density at radius 1 is 0.444 bits per heavy atom. The molecule has 0 bridgehead atoms. The van der Waals surface area contributed by atoms with E-state index >= 15 is 0 Å². The van der Waals surface area contributed by atoms with Gasteiger partial charge in [-0.25, -0.2) is 0 Å². The van der Waals surface area contributed by atoms with Crippen molar-refractivity contribution >= 4 is 51.4 Å². The molecule has 0 aliphatic heterocycles. The van der Waals surface area contributed by atoms with Crippen molar-refractivity contribution in [1.82, 2.24) is 12.3 Å². The van der Waals surface area contributed by atoms with Crippen molar-refractivity contribution in [2.75, 3.05) is 0 Å². The van der Waals surface area contributed by atoms with E-state index in [0.29, 0.717) is 0 Å². The van der Waals surface area contributed by atoms with Crippen molar-refractivity contribution in [3.8, 4) is 0 Å². The van der Waals surface area contributed by atoms with Gasteiger partial charge in [-0.1, -0.05) is 36.4 Å². The summed E-state index contributed by atoms with van der Waals surface area (Å²) >= 11 is 0. The topological polar surface area (TPSA) is 70.0 Å². The summed E-state index contributed by atoms with van der Waals surface area (Å²) in [5, 5.41) is 0. The number of rotatable bonds is 0. The van der Waals surface area contributed by atoms with E-state index in [-0.39, 0.29) is 63.7 Å². The molecule has 1 rings (SSSR count). The van der Waals surface area contributed by atoms with Gasteiger partial charge in [-0.15, -0.1) is 0 Å².